The number of carbonyl (C=O) groups excluding carboxylic acids is 3. The summed E-state index contributed by atoms with van der Waals surface area (Å²) in [7, 11) is 0. The summed E-state index contributed by atoms with van der Waals surface area (Å²) < 4.78 is 5.07. The van der Waals surface area contributed by atoms with E-state index in [9.17, 15) is 14.4 Å². The maximum atomic E-state index is 12.9. The molecule has 8 nitrogen and oxygen atoms in total. The summed E-state index contributed by atoms with van der Waals surface area (Å²) in [5, 5.41) is 5.50. The number of halogens is 1. The van der Waals surface area contributed by atoms with Crippen LogP contribution in [0.15, 0.2) is 47.1 Å². The fraction of sp³-hybridized carbons (Fsp3) is 0.350. The molecule has 2 heterocycles. The second-order valence-corrected chi connectivity index (χ2v) is 6.68. The minimum absolute atomic E-state index is 0. The summed E-state index contributed by atoms with van der Waals surface area (Å²) in [6.07, 6.45) is 2.94. The molecule has 1 atom stereocenters. The number of anilines is 1. The number of nitrogens with two attached hydrogens (primary N) is 1. The smallest absolute Gasteiger partial charge is 0.291 e. The Labute approximate surface area is 175 Å². The Morgan fingerprint density at radius 3 is 2.76 bits per heavy atom. The van der Waals surface area contributed by atoms with Crippen molar-refractivity contribution in [2.24, 2.45) is 11.7 Å². The Morgan fingerprint density at radius 2 is 2.03 bits per heavy atom. The highest BCUT2D eigenvalue weighted by atomic mass is 35.5. The van der Waals surface area contributed by atoms with Gasteiger partial charge < -0.3 is 25.7 Å². The van der Waals surface area contributed by atoms with E-state index in [1.807, 2.05) is 0 Å². The van der Waals surface area contributed by atoms with Crippen molar-refractivity contribution in [1.29, 1.82) is 0 Å². The van der Waals surface area contributed by atoms with Gasteiger partial charge in [0.05, 0.1) is 12.2 Å². The molecule has 0 saturated carbocycles. The second kappa shape index (κ2) is 10.6. The summed E-state index contributed by atoms with van der Waals surface area (Å²) in [6, 6.07) is 9.93. The Bertz CT molecular complexity index is 841. The van der Waals surface area contributed by atoms with Crippen LogP contribution in [0.4, 0.5) is 5.69 Å². The predicted molar refractivity (Wildman–Crippen MR) is 111 cm³/mol. The Kier molecular flexibility index (Phi) is 8.23. The minimum atomic E-state index is -0.385. The van der Waals surface area contributed by atoms with Crippen LogP contribution in [-0.4, -0.2) is 48.8 Å². The first-order valence-corrected chi connectivity index (χ1v) is 9.30. The zero-order chi connectivity index (χ0) is 19.9. The molecule has 3 rings (SSSR count). The maximum Gasteiger partial charge on any atom is 0.291 e. The monoisotopic (exact) mass is 420 g/mol. The molecule has 1 unspecified atom stereocenters. The molecule has 1 aliphatic heterocycles. The molecule has 0 radical (unpaired) electrons. The van der Waals surface area contributed by atoms with Crippen LogP contribution in [0.2, 0.25) is 0 Å². The number of carbonyl (C=O) groups is 3. The number of nitrogens with one attached hydrogen (secondary N) is 2. The fourth-order valence-corrected chi connectivity index (χ4v) is 3.23. The van der Waals surface area contributed by atoms with Crippen molar-refractivity contribution in [2.45, 2.75) is 12.8 Å². The number of hydrogen-bond donors (Lipinski definition) is 3. The number of nitrogens with zero attached hydrogens (tertiary/aromatic N) is 1. The molecule has 29 heavy (non-hydrogen) atoms. The second-order valence-electron chi connectivity index (χ2n) is 6.68. The Morgan fingerprint density at radius 1 is 1.21 bits per heavy atom. The van der Waals surface area contributed by atoms with E-state index in [0.717, 1.165) is 12.8 Å². The third kappa shape index (κ3) is 5.82. The standard InChI is InChI=1S/C20H24N4O4.ClH/c21-8-9-22-18(25)15-5-2-10-24(13-15)20(27)14-4-1-6-16(12-14)23-19(26)17-7-3-11-28-17;/h1,3-4,6-7,11-12,15H,2,5,8-10,13,21H2,(H,22,25)(H,23,26);1H. The number of benzene rings is 1. The minimum Gasteiger partial charge on any atom is -0.459 e. The van der Waals surface area contributed by atoms with E-state index in [1.165, 1.54) is 6.26 Å². The van der Waals surface area contributed by atoms with Gasteiger partial charge in [-0.25, -0.2) is 0 Å². The number of rotatable bonds is 6. The molecule has 1 aromatic heterocycles. The van der Waals surface area contributed by atoms with Crippen LogP contribution in [0.25, 0.3) is 0 Å². The SMILES string of the molecule is Cl.NCCNC(=O)C1CCCN(C(=O)c2cccc(NC(=O)c3ccco3)c2)C1. The highest BCUT2D eigenvalue weighted by Crippen LogP contribution is 2.20. The van der Waals surface area contributed by atoms with Gasteiger partial charge in [-0.15, -0.1) is 12.4 Å². The van der Waals surface area contributed by atoms with Crippen LogP contribution in [0, 0.1) is 5.92 Å². The quantitative estimate of drug-likeness (QED) is 0.659. The molecular weight excluding hydrogens is 396 g/mol. The lowest BCUT2D eigenvalue weighted by atomic mass is 9.96. The summed E-state index contributed by atoms with van der Waals surface area (Å²) in [6.45, 7) is 1.79. The van der Waals surface area contributed by atoms with E-state index in [0.29, 0.717) is 37.4 Å². The third-order valence-electron chi connectivity index (χ3n) is 4.64. The van der Waals surface area contributed by atoms with E-state index in [1.54, 1.807) is 41.3 Å². The lowest BCUT2D eigenvalue weighted by molar-refractivity contribution is -0.126. The van der Waals surface area contributed by atoms with Gasteiger partial charge in [-0.2, -0.15) is 0 Å². The first-order valence-electron chi connectivity index (χ1n) is 9.30. The van der Waals surface area contributed by atoms with Gasteiger partial charge in [0.15, 0.2) is 5.76 Å². The molecule has 156 valence electrons. The van der Waals surface area contributed by atoms with Gasteiger partial charge in [-0.1, -0.05) is 6.07 Å². The van der Waals surface area contributed by atoms with Crippen molar-refractivity contribution in [3.05, 3.63) is 54.0 Å². The normalized spacial score (nSPS) is 15.9. The van der Waals surface area contributed by atoms with Gasteiger partial charge >= 0.3 is 0 Å². The maximum absolute atomic E-state index is 12.9. The Balaban J connectivity index is 0.00000300. The van der Waals surface area contributed by atoms with Gasteiger partial charge in [-0.3, -0.25) is 14.4 Å². The van der Waals surface area contributed by atoms with E-state index in [2.05, 4.69) is 10.6 Å². The van der Waals surface area contributed by atoms with E-state index >= 15 is 0 Å². The molecule has 4 N–H and O–H groups in total. The molecule has 0 aliphatic carbocycles. The molecule has 1 aliphatic rings. The van der Waals surface area contributed by atoms with E-state index in [4.69, 9.17) is 10.2 Å². The van der Waals surface area contributed by atoms with Crippen molar-refractivity contribution in [3.8, 4) is 0 Å². The topological polar surface area (TPSA) is 118 Å². The zero-order valence-electron chi connectivity index (χ0n) is 15.9. The molecule has 3 amide bonds. The molecule has 2 aromatic rings. The summed E-state index contributed by atoms with van der Waals surface area (Å²) >= 11 is 0. The van der Waals surface area contributed by atoms with E-state index in [-0.39, 0.29) is 41.8 Å². The zero-order valence-corrected chi connectivity index (χ0v) is 16.7. The van der Waals surface area contributed by atoms with Crippen LogP contribution in [0.3, 0.4) is 0 Å². The van der Waals surface area contributed by atoms with Gasteiger partial charge in [0.2, 0.25) is 5.91 Å². The van der Waals surface area contributed by atoms with Crippen LogP contribution in [0.5, 0.6) is 0 Å². The average molecular weight is 421 g/mol. The van der Waals surface area contributed by atoms with Crippen LogP contribution in [0.1, 0.15) is 33.8 Å². The predicted octanol–water partition coefficient (Wildman–Crippen LogP) is 1.88. The summed E-state index contributed by atoms with van der Waals surface area (Å²) in [5.74, 6) is -0.651. The van der Waals surface area contributed by atoms with Crippen LogP contribution >= 0.6 is 12.4 Å². The molecule has 1 aromatic carbocycles. The number of likely N-dealkylation sites (tertiary alicyclic amines) is 1. The van der Waals surface area contributed by atoms with Crippen LogP contribution in [-0.2, 0) is 4.79 Å². The Hall–Kier alpha value is -2.84. The molecule has 0 spiro atoms. The summed E-state index contributed by atoms with van der Waals surface area (Å²) in [5.41, 5.74) is 6.38. The molecular formula is C20H25ClN4O4. The fourth-order valence-electron chi connectivity index (χ4n) is 3.23. The van der Waals surface area contributed by atoms with Crippen molar-refractivity contribution in [3.63, 3.8) is 0 Å². The van der Waals surface area contributed by atoms with Crippen molar-refractivity contribution in [2.75, 3.05) is 31.5 Å². The van der Waals surface area contributed by atoms with Gasteiger partial charge in [0.1, 0.15) is 0 Å². The third-order valence-corrected chi connectivity index (χ3v) is 4.64. The molecule has 9 heteroatoms. The lowest BCUT2D eigenvalue weighted by Crippen LogP contribution is -2.46. The highest BCUT2D eigenvalue weighted by Gasteiger charge is 2.28. The number of amides is 3. The first kappa shape index (κ1) is 22.4. The average Bonchev–Trinajstić information content (AvgIpc) is 3.27. The van der Waals surface area contributed by atoms with Crippen LogP contribution < -0.4 is 16.4 Å². The highest BCUT2D eigenvalue weighted by molar-refractivity contribution is 6.03. The first-order chi connectivity index (χ1) is 13.6. The van der Waals surface area contributed by atoms with Crippen molar-refractivity contribution < 1.29 is 18.8 Å². The van der Waals surface area contributed by atoms with E-state index < -0.39 is 0 Å². The van der Waals surface area contributed by atoms with Gasteiger partial charge in [0.25, 0.3) is 11.8 Å². The molecule has 1 fully saturated rings. The summed E-state index contributed by atoms with van der Waals surface area (Å²) in [4.78, 5) is 38.9. The molecule has 0 bridgehead atoms. The molecule has 1 saturated heterocycles. The van der Waals surface area contributed by atoms with Crippen molar-refractivity contribution in [1.82, 2.24) is 10.2 Å². The number of furan rings is 1. The largest absolute Gasteiger partial charge is 0.459 e. The van der Waals surface area contributed by atoms with Gasteiger partial charge in [-0.05, 0) is 43.2 Å². The lowest BCUT2D eigenvalue weighted by Gasteiger charge is -2.32. The number of piperidine rings is 1. The number of hydrogen-bond acceptors (Lipinski definition) is 5. The van der Waals surface area contributed by atoms with Gasteiger partial charge in [0, 0.05) is 37.4 Å². The van der Waals surface area contributed by atoms with Crippen molar-refractivity contribution >= 4 is 35.8 Å².